The molecular weight excluding hydrogens is 278 g/mol. The number of nitrogens with one attached hydrogen (secondary N) is 1. The first-order valence-electron chi connectivity index (χ1n) is 7.17. The lowest BCUT2D eigenvalue weighted by Gasteiger charge is -2.25. The zero-order valence-corrected chi connectivity index (χ0v) is 12.9. The predicted molar refractivity (Wildman–Crippen MR) is 85.4 cm³/mol. The SMILES string of the molecule is CC(=O)NC(c1cccc2ccccc12)C(C(C)=O)C(C)=O. The Hall–Kier alpha value is -2.49. The third-order valence-corrected chi connectivity index (χ3v) is 3.73. The van der Waals surface area contributed by atoms with Crippen LogP contribution in [-0.2, 0) is 14.4 Å². The minimum absolute atomic E-state index is 0.251. The molecule has 0 bridgehead atoms. The van der Waals surface area contributed by atoms with Gasteiger partial charge in [-0.1, -0.05) is 42.5 Å². The van der Waals surface area contributed by atoms with E-state index in [0.29, 0.717) is 0 Å². The molecule has 0 spiro atoms. The van der Waals surface area contributed by atoms with Crippen LogP contribution in [0.2, 0.25) is 0 Å². The molecule has 0 radical (unpaired) electrons. The number of benzene rings is 2. The molecule has 0 heterocycles. The molecule has 4 nitrogen and oxygen atoms in total. The van der Waals surface area contributed by atoms with E-state index in [2.05, 4.69) is 5.32 Å². The number of fused-ring (bicyclic) bond motifs is 1. The van der Waals surface area contributed by atoms with Crippen molar-refractivity contribution < 1.29 is 14.4 Å². The van der Waals surface area contributed by atoms with Gasteiger partial charge in [-0.25, -0.2) is 0 Å². The van der Waals surface area contributed by atoms with Crippen LogP contribution in [0.25, 0.3) is 10.8 Å². The first-order chi connectivity index (χ1) is 10.4. The summed E-state index contributed by atoms with van der Waals surface area (Å²) in [6, 6.07) is 12.7. The molecule has 2 rings (SSSR count). The lowest BCUT2D eigenvalue weighted by Crippen LogP contribution is -2.38. The van der Waals surface area contributed by atoms with Crippen molar-refractivity contribution in [1.82, 2.24) is 5.32 Å². The topological polar surface area (TPSA) is 63.2 Å². The minimum Gasteiger partial charge on any atom is -0.348 e. The Balaban J connectivity index is 2.64. The highest BCUT2D eigenvalue weighted by atomic mass is 16.2. The Bertz CT molecular complexity index is 717. The molecular formula is C18H19NO3. The van der Waals surface area contributed by atoms with Gasteiger partial charge in [-0.15, -0.1) is 0 Å². The molecule has 0 fully saturated rings. The molecule has 1 N–H and O–H groups in total. The van der Waals surface area contributed by atoms with Crippen LogP contribution in [-0.4, -0.2) is 17.5 Å². The van der Waals surface area contributed by atoms with E-state index in [1.165, 1.54) is 20.8 Å². The summed E-state index contributed by atoms with van der Waals surface area (Å²) >= 11 is 0. The standard InChI is InChI=1S/C18H19NO3/c1-11(20)17(12(2)21)18(19-13(3)22)16-10-6-8-14-7-4-5-9-15(14)16/h4-10,17-18H,1-3H3,(H,19,22). The lowest BCUT2D eigenvalue weighted by atomic mass is 9.85. The van der Waals surface area contributed by atoms with Crippen LogP contribution in [0, 0.1) is 5.92 Å². The summed E-state index contributed by atoms with van der Waals surface area (Å²) in [6.07, 6.45) is 0. The lowest BCUT2D eigenvalue weighted by molar-refractivity contribution is -0.132. The summed E-state index contributed by atoms with van der Waals surface area (Å²) < 4.78 is 0. The van der Waals surface area contributed by atoms with E-state index in [0.717, 1.165) is 16.3 Å². The average molecular weight is 297 g/mol. The number of hydrogen-bond acceptors (Lipinski definition) is 3. The number of hydrogen-bond donors (Lipinski definition) is 1. The monoisotopic (exact) mass is 297 g/mol. The van der Waals surface area contributed by atoms with E-state index in [1.807, 2.05) is 42.5 Å². The zero-order chi connectivity index (χ0) is 16.3. The Kier molecular flexibility index (Phi) is 4.71. The quantitative estimate of drug-likeness (QED) is 0.863. The summed E-state index contributed by atoms with van der Waals surface area (Å²) in [5, 5.41) is 4.70. The normalized spacial score (nSPS) is 12.2. The number of rotatable bonds is 5. The van der Waals surface area contributed by atoms with Crippen molar-refractivity contribution in [2.24, 2.45) is 5.92 Å². The molecule has 0 aromatic heterocycles. The number of Topliss-reactive ketones (excluding diaryl/α,β-unsaturated/α-hetero) is 2. The molecule has 1 unspecified atom stereocenters. The van der Waals surface area contributed by atoms with Crippen LogP contribution < -0.4 is 5.32 Å². The Morgan fingerprint density at radius 3 is 2.05 bits per heavy atom. The van der Waals surface area contributed by atoms with Crippen LogP contribution in [0.4, 0.5) is 0 Å². The second-order valence-corrected chi connectivity index (χ2v) is 5.45. The third-order valence-electron chi connectivity index (χ3n) is 3.73. The van der Waals surface area contributed by atoms with Crippen LogP contribution in [0.15, 0.2) is 42.5 Å². The maximum absolute atomic E-state index is 11.9. The smallest absolute Gasteiger partial charge is 0.217 e. The van der Waals surface area contributed by atoms with Crippen molar-refractivity contribution in [3.63, 3.8) is 0 Å². The molecule has 0 aliphatic heterocycles. The molecule has 22 heavy (non-hydrogen) atoms. The van der Waals surface area contributed by atoms with Crippen molar-refractivity contribution in [2.45, 2.75) is 26.8 Å². The van der Waals surface area contributed by atoms with Crippen LogP contribution in [0.5, 0.6) is 0 Å². The average Bonchev–Trinajstić information content (AvgIpc) is 2.44. The summed E-state index contributed by atoms with van der Waals surface area (Å²) in [7, 11) is 0. The third kappa shape index (κ3) is 3.22. The zero-order valence-electron chi connectivity index (χ0n) is 12.9. The minimum atomic E-state index is -0.880. The van der Waals surface area contributed by atoms with E-state index in [4.69, 9.17) is 0 Å². The second-order valence-electron chi connectivity index (χ2n) is 5.45. The number of carbonyl (C=O) groups excluding carboxylic acids is 3. The van der Waals surface area contributed by atoms with Crippen molar-refractivity contribution >= 4 is 28.2 Å². The van der Waals surface area contributed by atoms with E-state index in [9.17, 15) is 14.4 Å². The van der Waals surface area contributed by atoms with Gasteiger partial charge in [0, 0.05) is 6.92 Å². The van der Waals surface area contributed by atoms with Crippen LogP contribution >= 0.6 is 0 Å². The van der Waals surface area contributed by atoms with E-state index < -0.39 is 12.0 Å². The molecule has 0 saturated carbocycles. The van der Waals surface area contributed by atoms with Crippen molar-refractivity contribution in [3.05, 3.63) is 48.0 Å². The van der Waals surface area contributed by atoms with Gasteiger partial charge in [0.1, 0.15) is 17.5 Å². The van der Waals surface area contributed by atoms with E-state index >= 15 is 0 Å². The van der Waals surface area contributed by atoms with Crippen molar-refractivity contribution in [3.8, 4) is 0 Å². The van der Waals surface area contributed by atoms with Gasteiger partial charge >= 0.3 is 0 Å². The predicted octanol–water partition coefficient (Wildman–Crippen LogP) is 2.81. The molecule has 2 aromatic carbocycles. The highest BCUT2D eigenvalue weighted by Gasteiger charge is 2.32. The summed E-state index contributed by atoms with van der Waals surface area (Å²) in [6.45, 7) is 4.15. The van der Waals surface area contributed by atoms with Gasteiger partial charge in [-0.2, -0.15) is 0 Å². The Morgan fingerprint density at radius 1 is 0.864 bits per heavy atom. The summed E-state index contributed by atoms with van der Waals surface area (Å²) in [4.78, 5) is 35.5. The molecule has 114 valence electrons. The van der Waals surface area contributed by atoms with Gasteiger partial charge in [0.15, 0.2) is 0 Å². The molecule has 4 heteroatoms. The molecule has 1 atom stereocenters. The number of ketones is 2. The fraction of sp³-hybridized carbons (Fsp3) is 0.278. The first kappa shape index (κ1) is 15.9. The van der Waals surface area contributed by atoms with Crippen LogP contribution in [0.3, 0.4) is 0 Å². The molecule has 0 aliphatic rings. The summed E-state index contributed by atoms with van der Waals surface area (Å²) in [5.41, 5.74) is 0.781. The number of amides is 1. The maximum atomic E-state index is 11.9. The Morgan fingerprint density at radius 2 is 1.45 bits per heavy atom. The fourth-order valence-corrected chi connectivity index (χ4v) is 2.84. The van der Waals surface area contributed by atoms with E-state index in [-0.39, 0.29) is 17.5 Å². The largest absolute Gasteiger partial charge is 0.348 e. The Labute approximate surface area is 129 Å². The van der Waals surface area contributed by atoms with Gasteiger partial charge in [-0.3, -0.25) is 14.4 Å². The van der Waals surface area contributed by atoms with Gasteiger partial charge < -0.3 is 5.32 Å². The molecule has 0 aliphatic carbocycles. The van der Waals surface area contributed by atoms with Gasteiger partial charge in [0.05, 0.1) is 6.04 Å². The number of carbonyl (C=O) groups is 3. The van der Waals surface area contributed by atoms with Crippen molar-refractivity contribution in [2.75, 3.05) is 0 Å². The van der Waals surface area contributed by atoms with Crippen LogP contribution in [0.1, 0.15) is 32.4 Å². The molecule has 2 aromatic rings. The highest BCUT2D eigenvalue weighted by molar-refractivity contribution is 6.02. The molecule has 1 amide bonds. The van der Waals surface area contributed by atoms with Gasteiger partial charge in [0.25, 0.3) is 0 Å². The van der Waals surface area contributed by atoms with E-state index in [1.54, 1.807) is 0 Å². The maximum Gasteiger partial charge on any atom is 0.217 e. The fourth-order valence-electron chi connectivity index (χ4n) is 2.84. The first-order valence-corrected chi connectivity index (χ1v) is 7.17. The van der Waals surface area contributed by atoms with Gasteiger partial charge in [-0.05, 0) is 30.2 Å². The van der Waals surface area contributed by atoms with Crippen molar-refractivity contribution in [1.29, 1.82) is 0 Å². The molecule has 0 saturated heterocycles. The van der Waals surface area contributed by atoms with Gasteiger partial charge in [0.2, 0.25) is 5.91 Å². The second kappa shape index (κ2) is 6.52. The highest BCUT2D eigenvalue weighted by Crippen LogP contribution is 2.30. The summed E-state index contributed by atoms with van der Waals surface area (Å²) in [5.74, 6) is -1.65.